The summed E-state index contributed by atoms with van der Waals surface area (Å²) in [7, 11) is 0. The largest absolute Gasteiger partial charge is 0.325 e. The van der Waals surface area contributed by atoms with Gasteiger partial charge in [-0.1, -0.05) is 26.0 Å². The van der Waals surface area contributed by atoms with Crippen molar-refractivity contribution in [2.75, 3.05) is 18.4 Å². The van der Waals surface area contributed by atoms with Crippen molar-refractivity contribution in [3.05, 3.63) is 29.3 Å². The molecule has 5 heteroatoms. The second-order valence-corrected chi connectivity index (χ2v) is 5.32. The van der Waals surface area contributed by atoms with E-state index < -0.39 is 0 Å². The number of hydrazine groups is 1. The van der Waals surface area contributed by atoms with E-state index in [1.54, 1.807) is 6.07 Å². The molecule has 1 aliphatic rings. The number of fused-ring (bicyclic) bond motifs is 1. The van der Waals surface area contributed by atoms with Gasteiger partial charge < -0.3 is 5.32 Å². The van der Waals surface area contributed by atoms with Crippen LogP contribution in [-0.4, -0.2) is 29.9 Å². The quantitative estimate of drug-likeness (QED) is 0.790. The molecule has 2 amide bonds. The molecule has 0 aliphatic carbocycles. The number of benzene rings is 1. The number of anilines is 1. The van der Waals surface area contributed by atoms with Gasteiger partial charge in [-0.05, 0) is 30.9 Å². The highest BCUT2D eigenvalue weighted by molar-refractivity contribution is 6.05. The first-order chi connectivity index (χ1) is 10.2. The molecule has 2 rings (SSSR count). The predicted octanol–water partition coefficient (Wildman–Crippen LogP) is 2.34. The van der Waals surface area contributed by atoms with Gasteiger partial charge in [0.2, 0.25) is 5.91 Å². The molecule has 2 N–H and O–H groups in total. The molecule has 1 aromatic carbocycles. The summed E-state index contributed by atoms with van der Waals surface area (Å²) in [5.41, 5.74) is 5.18. The minimum absolute atomic E-state index is 0.0262. The summed E-state index contributed by atoms with van der Waals surface area (Å²) in [5, 5.41) is 4.77. The first-order valence-corrected chi connectivity index (χ1v) is 7.63. The van der Waals surface area contributed by atoms with Gasteiger partial charge in [0.15, 0.2) is 0 Å². The predicted molar refractivity (Wildman–Crippen MR) is 83.0 cm³/mol. The van der Waals surface area contributed by atoms with E-state index in [1.165, 1.54) is 0 Å². The zero-order chi connectivity index (χ0) is 15.2. The van der Waals surface area contributed by atoms with Crippen LogP contribution >= 0.6 is 0 Å². The molecular formula is C16H23N3O2. The van der Waals surface area contributed by atoms with Gasteiger partial charge in [0.05, 0.1) is 11.3 Å². The van der Waals surface area contributed by atoms with Crippen LogP contribution in [0.5, 0.6) is 0 Å². The number of amides is 2. The zero-order valence-electron chi connectivity index (χ0n) is 12.7. The molecule has 0 atom stereocenters. The van der Waals surface area contributed by atoms with Gasteiger partial charge in [0, 0.05) is 19.5 Å². The molecule has 0 saturated carbocycles. The fourth-order valence-electron chi connectivity index (χ4n) is 2.56. The van der Waals surface area contributed by atoms with Crippen LogP contribution < -0.4 is 10.7 Å². The van der Waals surface area contributed by atoms with Gasteiger partial charge in [0.1, 0.15) is 0 Å². The van der Waals surface area contributed by atoms with E-state index in [-0.39, 0.29) is 11.8 Å². The topological polar surface area (TPSA) is 61.4 Å². The van der Waals surface area contributed by atoms with E-state index in [2.05, 4.69) is 24.6 Å². The molecule has 114 valence electrons. The van der Waals surface area contributed by atoms with Gasteiger partial charge in [-0.3, -0.25) is 15.0 Å². The molecule has 0 spiro atoms. The Balaban J connectivity index is 2.17. The van der Waals surface area contributed by atoms with E-state index in [9.17, 15) is 9.59 Å². The SMILES string of the molecule is CCCN(CCC)NC(=O)c1cccc2c1NC(=O)CC2. The monoisotopic (exact) mass is 289 g/mol. The van der Waals surface area contributed by atoms with Gasteiger partial charge in [-0.2, -0.15) is 0 Å². The van der Waals surface area contributed by atoms with Crippen LogP contribution in [0, 0.1) is 0 Å². The third kappa shape index (κ3) is 3.82. The zero-order valence-corrected chi connectivity index (χ0v) is 12.7. The Bertz CT molecular complexity index is 522. The fraction of sp³-hybridized carbons (Fsp3) is 0.500. The summed E-state index contributed by atoms with van der Waals surface area (Å²) >= 11 is 0. The third-order valence-electron chi connectivity index (χ3n) is 3.53. The van der Waals surface area contributed by atoms with Crippen molar-refractivity contribution in [3.8, 4) is 0 Å². The standard InChI is InChI=1S/C16H23N3O2/c1-3-10-19(11-4-2)18-16(21)13-7-5-6-12-8-9-14(20)17-15(12)13/h5-7H,3-4,8-11H2,1-2H3,(H,17,20)(H,18,21). The van der Waals surface area contributed by atoms with Crippen LogP contribution in [0.1, 0.15) is 49.0 Å². The van der Waals surface area contributed by atoms with Crippen LogP contribution in [0.3, 0.4) is 0 Å². The second kappa shape index (κ2) is 7.22. The molecule has 0 fully saturated rings. The first-order valence-electron chi connectivity index (χ1n) is 7.63. The molecule has 0 unspecified atom stereocenters. The number of rotatable bonds is 6. The lowest BCUT2D eigenvalue weighted by molar-refractivity contribution is -0.116. The van der Waals surface area contributed by atoms with Crippen LogP contribution in [-0.2, 0) is 11.2 Å². The van der Waals surface area contributed by atoms with E-state index in [0.717, 1.165) is 31.5 Å². The highest BCUT2D eigenvalue weighted by Crippen LogP contribution is 2.26. The second-order valence-electron chi connectivity index (χ2n) is 5.32. The van der Waals surface area contributed by atoms with E-state index in [1.807, 2.05) is 17.1 Å². The van der Waals surface area contributed by atoms with Crippen LogP contribution in [0.4, 0.5) is 5.69 Å². The molecule has 5 nitrogen and oxygen atoms in total. The molecule has 0 saturated heterocycles. The summed E-state index contributed by atoms with van der Waals surface area (Å²) in [5.74, 6) is -0.183. The normalized spacial score (nSPS) is 13.8. The summed E-state index contributed by atoms with van der Waals surface area (Å²) in [6.07, 6.45) is 3.12. The van der Waals surface area contributed by atoms with Gasteiger partial charge in [-0.15, -0.1) is 0 Å². The van der Waals surface area contributed by atoms with Gasteiger partial charge >= 0.3 is 0 Å². The lowest BCUT2D eigenvalue weighted by Crippen LogP contribution is -2.43. The smallest absolute Gasteiger partial charge is 0.267 e. The molecule has 0 aromatic heterocycles. The third-order valence-corrected chi connectivity index (χ3v) is 3.53. The van der Waals surface area contributed by atoms with E-state index in [0.29, 0.717) is 24.1 Å². The average molecular weight is 289 g/mol. The van der Waals surface area contributed by atoms with Crippen LogP contribution in [0.15, 0.2) is 18.2 Å². The minimum atomic E-state index is -0.157. The number of nitrogens with zero attached hydrogens (tertiary/aromatic N) is 1. The molecule has 0 radical (unpaired) electrons. The van der Waals surface area contributed by atoms with Crippen molar-refractivity contribution in [2.45, 2.75) is 39.5 Å². The fourth-order valence-corrected chi connectivity index (χ4v) is 2.56. The summed E-state index contributed by atoms with van der Waals surface area (Å²) < 4.78 is 0. The number of hydrogen-bond acceptors (Lipinski definition) is 3. The lowest BCUT2D eigenvalue weighted by atomic mass is 9.99. The number of nitrogens with one attached hydrogen (secondary N) is 2. The minimum Gasteiger partial charge on any atom is -0.325 e. The first kappa shape index (κ1) is 15.5. The Kier molecular flexibility index (Phi) is 5.33. The molecule has 21 heavy (non-hydrogen) atoms. The van der Waals surface area contributed by atoms with E-state index >= 15 is 0 Å². The number of carbonyl (C=O) groups excluding carboxylic acids is 2. The summed E-state index contributed by atoms with van der Waals surface area (Å²) in [6, 6.07) is 5.59. The maximum absolute atomic E-state index is 12.5. The van der Waals surface area contributed by atoms with Crippen molar-refractivity contribution in [2.24, 2.45) is 0 Å². The molecular weight excluding hydrogens is 266 g/mol. The molecule has 1 heterocycles. The van der Waals surface area contributed by atoms with Crippen LogP contribution in [0.2, 0.25) is 0 Å². The Labute approximate surface area is 125 Å². The van der Waals surface area contributed by atoms with Crippen LogP contribution in [0.25, 0.3) is 0 Å². The lowest BCUT2D eigenvalue weighted by Gasteiger charge is -2.24. The van der Waals surface area contributed by atoms with Gasteiger partial charge in [-0.25, -0.2) is 5.01 Å². The van der Waals surface area contributed by atoms with Crippen molar-refractivity contribution in [1.82, 2.24) is 10.4 Å². The summed E-state index contributed by atoms with van der Waals surface area (Å²) in [6.45, 7) is 5.81. The Hall–Kier alpha value is -1.88. The molecule has 1 aliphatic heterocycles. The Morgan fingerprint density at radius 3 is 2.62 bits per heavy atom. The number of aryl methyl sites for hydroxylation is 1. The maximum atomic E-state index is 12.5. The average Bonchev–Trinajstić information content (AvgIpc) is 2.47. The Morgan fingerprint density at radius 1 is 1.24 bits per heavy atom. The van der Waals surface area contributed by atoms with Crippen molar-refractivity contribution in [1.29, 1.82) is 0 Å². The highest BCUT2D eigenvalue weighted by atomic mass is 16.2. The Morgan fingerprint density at radius 2 is 1.95 bits per heavy atom. The number of hydrogen-bond donors (Lipinski definition) is 2. The molecule has 1 aromatic rings. The summed E-state index contributed by atoms with van der Waals surface area (Å²) in [4.78, 5) is 24.1. The van der Waals surface area contributed by atoms with Crippen molar-refractivity contribution in [3.63, 3.8) is 0 Å². The molecule has 0 bridgehead atoms. The maximum Gasteiger partial charge on any atom is 0.267 e. The highest BCUT2D eigenvalue weighted by Gasteiger charge is 2.21. The number of para-hydroxylation sites is 1. The van der Waals surface area contributed by atoms with Crippen molar-refractivity contribution < 1.29 is 9.59 Å². The number of carbonyl (C=O) groups is 2. The van der Waals surface area contributed by atoms with Gasteiger partial charge in [0.25, 0.3) is 5.91 Å². The van der Waals surface area contributed by atoms with E-state index in [4.69, 9.17) is 0 Å². The van der Waals surface area contributed by atoms with Crippen molar-refractivity contribution >= 4 is 17.5 Å².